The Morgan fingerprint density at radius 3 is 2.24 bits per heavy atom. The smallest absolute Gasteiger partial charge is 0.444 e. The average Bonchev–Trinajstić information content (AvgIpc) is 3.17. The number of anilines is 1. The van der Waals surface area contributed by atoms with Gasteiger partial charge in [-0.2, -0.15) is 0 Å². The summed E-state index contributed by atoms with van der Waals surface area (Å²) in [5.41, 5.74) is 1.94. The van der Waals surface area contributed by atoms with Crippen LogP contribution in [-0.4, -0.2) is 72.6 Å². The fraction of sp³-hybridized carbons (Fsp3) is 0.367. The normalized spacial score (nSPS) is 17.3. The Labute approximate surface area is 238 Å². The molecule has 3 aromatic rings. The minimum atomic E-state index is -0.670. The van der Waals surface area contributed by atoms with Gasteiger partial charge in [0.25, 0.3) is 11.8 Å². The molecule has 0 aromatic heterocycles. The lowest BCUT2D eigenvalue weighted by Crippen LogP contribution is -2.42. The van der Waals surface area contributed by atoms with Crippen LogP contribution in [0.1, 0.15) is 54.0 Å². The third kappa shape index (κ3) is 5.58. The van der Waals surface area contributed by atoms with Crippen molar-refractivity contribution in [1.82, 2.24) is 4.90 Å². The molecule has 3 amide bonds. The van der Waals surface area contributed by atoms with Gasteiger partial charge in [0, 0.05) is 21.9 Å². The Morgan fingerprint density at radius 2 is 1.59 bits per heavy atom. The zero-order valence-corrected chi connectivity index (χ0v) is 23.6. The highest BCUT2D eigenvalue weighted by atomic mass is 16.7. The third-order valence-corrected chi connectivity index (χ3v) is 7.80. The minimum Gasteiger partial charge on any atom is -0.444 e. The molecule has 1 fully saturated rings. The van der Waals surface area contributed by atoms with Gasteiger partial charge in [-0.1, -0.05) is 36.4 Å². The van der Waals surface area contributed by atoms with Crippen molar-refractivity contribution in [3.05, 3.63) is 71.3 Å². The lowest BCUT2D eigenvalue weighted by Gasteiger charge is -2.32. The summed E-state index contributed by atoms with van der Waals surface area (Å²) in [6.07, 6.45) is -0.670. The molecule has 0 spiro atoms. The van der Waals surface area contributed by atoms with Crippen LogP contribution in [0.3, 0.4) is 0 Å². The van der Waals surface area contributed by atoms with Crippen LogP contribution in [0.2, 0.25) is 0 Å². The fourth-order valence-electron chi connectivity index (χ4n) is 4.83. The van der Waals surface area contributed by atoms with E-state index in [1.807, 2.05) is 52.0 Å². The van der Waals surface area contributed by atoms with Crippen LogP contribution in [-0.2, 0) is 25.4 Å². The first kappa shape index (κ1) is 28.8. The molecule has 10 nitrogen and oxygen atoms in total. The Morgan fingerprint density at radius 1 is 0.927 bits per heavy atom. The number of carbonyl (C=O) groups is 3. The van der Waals surface area contributed by atoms with Crippen LogP contribution in [0.4, 0.5) is 10.5 Å². The predicted molar refractivity (Wildman–Crippen MR) is 153 cm³/mol. The third-order valence-electron chi connectivity index (χ3n) is 7.80. The number of nitrogens with zero attached hydrogens (tertiary/aromatic N) is 1. The number of aliphatic hydroxyl groups excluding tert-OH is 1. The number of nitrogens with one attached hydrogen (secondary N) is 1. The van der Waals surface area contributed by atoms with Gasteiger partial charge in [0.05, 0.1) is 43.3 Å². The Balaban J connectivity index is 1.24. The van der Waals surface area contributed by atoms with E-state index in [-0.39, 0.29) is 33.0 Å². The molecule has 11 heteroatoms. The first-order valence-electron chi connectivity index (χ1n) is 13.5. The van der Waals surface area contributed by atoms with E-state index in [0.29, 0.717) is 27.6 Å². The lowest BCUT2D eigenvalue weighted by molar-refractivity contribution is 0.00578. The molecule has 0 saturated carbocycles. The summed E-state index contributed by atoms with van der Waals surface area (Å²) in [5.74, 6) is -0.881. The molecule has 2 heterocycles. The van der Waals surface area contributed by atoms with Gasteiger partial charge in [-0.15, -0.1) is 0 Å². The van der Waals surface area contributed by atoms with Crippen LogP contribution in [0.25, 0.3) is 10.8 Å². The van der Waals surface area contributed by atoms with Gasteiger partial charge < -0.3 is 23.9 Å². The number of hydrogen-bond acceptors (Lipinski definition) is 8. The van der Waals surface area contributed by atoms with Gasteiger partial charge in [-0.25, -0.2) is 4.79 Å². The van der Waals surface area contributed by atoms with Gasteiger partial charge in [0.2, 0.25) is 0 Å². The molecular weight excluding hydrogens is 527 g/mol. The van der Waals surface area contributed by atoms with Crippen LogP contribution < -0.4 is 10.8 Å². The highest BCUT2D eigenvalue weighted by molar-refractivity contribution is 6.62. The SMILES string of the molecule is CC1(C)OB(c2ccc(COC(=O)Nc3ccc4c5c(cccc35)C(=O)N(CCOCCO)C4=O)cc2)OC1(C)C. The van der Waals surface area contributed by atoms with Crippen molar-refractivity contribution in [2.24, 2.45) is 0 Å². The van der Waals surface area contributed by atoms with Crippen LogP contribution in [0, 0.1) is 0 Å². The molecule has 2 aliphatic rings. The standard InChI is InChI=1S/C30H33BN2O8/c1-29(2)30(3,4)41-31(40-29)20-10-8-19(9-11-20)18-39-28(37)32-24-13-12-23-25-21(24)6-5-7-22(25)26(35)33(27(23)36)14-16-38-17-15-34/h5-13,34H,14-18H2,1-4H3,(H,32,37). The number of imide groups is 1. The molecule has 0 radical (unpaired) electrons. The van der Waals surface area contributed by atoms with Crippen LogP contribution >= 0.6 is 0 Å². The number of benzene rings is 3. The highest BCUT2D eigenvalue weighted by Gasteiger charge is 2.51. The van der Waals surface area contributed by atoms with Crippen molar-refractivity contribution >= 4 is 46.9 Å². The maximum absolute atomic E-state index is 13.1. The summed E-state index contributed by atoms with van der Waals surface area (Å²) in [6, 6.07) is 15.8. The quantitative estimate of drug-likeness (QED) is 0.232. The van der Waals surface area contributed by atoms with E-state index < -0.39 is 36.2 Å². The molecule has 5 rings (SSSR count). The summed E-state index contributed by atoms with van der Waals surface area (Å²) >= 11 is 0. The molecule has 3 aromatic carbocycles. The molecule has 0 bridgehead atoms. The Hall–Kier alpha value is -3.77. The van der Waals surface area contributed by atoms with E-state index in [1.165, 1.54) is 0 Å². The van der Waals surface area contributed by atoms with Gasteiger partial charge in [0.1, 0.15) is 6.61 Å². The molecule has 2 N–H and O–H groups in total. The summed E-state index contributed by atoms with van der Waals surface area (Å²) in [7, 11) is -0.475. The summed E-state index contributed by atoms with van der Waals surface area (Å²) in [6.45, 7) is 8.21. The largest absolute Gasteiger partial charge is 0.494 e. The van der Waals surface area contributed by atoms with Crippen molar-refractivity contribution in [2.75, 3.05) is 31.7 Å². The second kappa shape index (κ2) is 11.3. The zero-order valence-electron chi connectivity index (χ0n) is 23.6. The van der Waals surface area contributed by atoms with Crippen LogP contribution in [0.5, 0.6) is 0 Å². The van der Waals surface area contributed by atoms with Crippen molar-refractivity contribution < 1.29 is 38.3 Å². The number of carbonyl (C=O) groups excluding carboxylic acids is 3. The van der Waals surface area contributed by atoms with E-state index >= 15 is 0 Å². The summed E-state index contributed by atoms with van der Waals surface area (Å²) in [5, 5.41) is 12.7. The summed E-state index contributed by atoms with van der Waals surface area (Å²) < 4.78 is 22.9. The molecular formula is C30H33BN2O8. The topological polar surface area (TPSA) is 124 Å². The van der Waals surface area contributed by atoms with Crippen molar-refractivity contribution in [3.8, 4) is 0 Å². The first-order chi connectivity index (χ1) is 19.5. The zero-order chi connectivity index (χ0) is 29.4. The predicted octanol–water partition coefficient (Wildman–Crippen LogP) is 3.49. The van der Waals surface area contributed by atoms with E-state index in [1.54, 1.807) is 30.3 Å². The molecule has 0 unspecified atom stereocenters. The maximum atomic E-state index is 13.1. The molecule has 41 heavy (non-hydrogen) atoms. The van der Waals surface area contributed by atoms with Crippen molar-refractivity contribution in [3.63, 3.8) is 0 Å². The number of aliphatic hydroxyl groups is 1. The van der Waals surface area contributed by atoms with E-state index in [4.69, 9.17) is 23.9 Å². The molecule has 214 valence electrons. The monoisotopic (exact) mass is 560 g/mol. The van der Waals surface area contributed by atoms with Gasteiger partial charge >= 0.3 is 13.2 Å². The van der Waals surface area contributed by atoms with E-state index in [2.05, 4.69) is 5.32 Å². The molecule has 1 saturated heterocycles. The molecule has 2 aliphatic heterocycles. The minimum absolute atomic E-state index is 0.0427. The van der Waals surface area contributed by atoms with Crippen molar-refractivity contribution in [2.45, 2.75) is 45.5 Å². The fourth-order valence-corrected chi connectivity index (χ4v) is 4.83. The lowest BCUT2D eigenvalue weighted by atomic mass is 9.79. The summed E-state index contributed by atoms with van der Waals surface area (Å²) in [4.78, 5) is 40.1. The number of hydrogen-bond donors (Lipinski definition) is 2. The average molecular weight is 560 g/mol. The number of rotatable bonds is 9. The molecule has 0 atom stereocenters. The molecule has 0 aliphatic carbocycles. The first-order valence-corrected chi connectivity index (χ1v) is 13.5. The Kier molecular flexibility index (Phi) is 7.89. The highest BCUT2D eigenvalue weighted by Crippen LogP contribution is 2.37. The van der Waals surface area contributed by atoms with Crippen molar-refractivity contribution in [1.29, 1.82) is 0 Å². The van der Waals surface area contributed by atoms with Gasteiger partial charge in [-0.3, -0.25) is 19.8 Å². The second-order valence-electron chi connectivity index (χ2n) is 11.0. The van der Waals surface area contributed by atoms with E-state index in [9.17, 15) is 14.4 Å². The van der Waals surface area contributed by atoms with Gasteiger partial charge in [0.15, 0.2) is 0 Å². The number of ether oxygens (including phenoxy) is 2. The number of amides is 3. The maximum Gasteiger partial charge on any atom is 0.494 e. The Bertz CT molecular complexity index is 1450. The van der Waals surface area contributed by atoms with Gasteiger partial charge in [-0.05, 0) is 56.9 Å². The second-order valence-corrected chi connectivity index (χ2v) is 11.0. The van der Waals surface area contributed by atoms with Crippen LogP contribution in [0.15, 0.2) is 54.6 Å². The van der Waals surface area contributed by atoms with E-state index in [0.717, 1.165) is 15.9 Å².